The minimum atomic E-state index is -0.0960. The van der Waals surface area contributed by atoms with Gasteiger partial charge in [-0.15, -0.1) is 0 Å². The molecule has 1 aromatic heterocycles. The lowest BCUT2D eigenvalue weighted by molar-refractivity contribution is -0.116. The first-order chi connectivity index (χ1) is 9.76. The third-order valence-electron chi connectivity index (χ3n) is 3.05. The van der Waals surface area contributed by atoms with Crippen molar-refractivity contribution in [2.45, 2.75) is 19.9 Å². The third kappa shape index (κ3) is 3.07. The van der Waals surface area contributed by atoms with Gasteiger partial charge in [-0.05, 0) is 19.1 Å². The summed E-state index contributed by atoms with van der Waals surface area (Å²) in [5, 5.41) is 12.5. The Morgan fingerprint density at radius 3 is 3.00 bits per heavy atom. The molecule has 0 spiro atoms. The van der Waals surface area contributed by atoms with Gasteiger partial charge < -0.3 is 9.88 Å². The van der Waals surface area contributed by atoms with Crippen LogP contribution in [0.4, 0.5) is 0 Å². The van der Waals surface area contributed by atoms with Gasteiger partial charge in [-0.25, -0.2) is 0 Å². The minimum Gasteiger partial charge on any atom is -0.353 e. The summed E-state index contributed by atoms with van der Waals surface area (Å²) in [7, 11) is 0. The second-order valence-corrected chi connectivity index (χ2v) is 4.43. The number of fused-ring (bicyclic) bond motifs is 1. The molecule has 0 bridgehead atoms. The van der Waals surface area contributed by atoms with Gasteiger partial charge in [0.25, 0.3) is 0 Å². The molecule has 0 aliphatic heterocycles. The van der Waals surface area contributed by atoms with Crippen LogP contribution in [0.25, 0.3) is 17.0 Å². The molecule has 0 aliphatic carbocycles. The fraction of sp³-hybridized carbons (Fsp3) is 0.250. The maximum atomic E-state index is 11.5. The lowest BCUT2D eigenvalue weighted by Gasteiger charge is -2.00. The van der Waals surface area contributed by atoms with Crippen LogP contribution in [0, 0.1) is 11.3 Å². The largest absolute Gasteiger partial charge is 0.353 e. The van der Waals surface area contributed by atoms with Crippen LogP contribution >= 0.6 is 0 Å². The molecule has 102 valence electrons. The number of para-hydroxylation sites is 1. The summed E-state index contributed by atoms with van der Waals surface area (Å²) in [6.07, 6.45) is 5.81. The van der Waals surface area contributed by atoms with Crippen molar-refractivity contribution in [1.29, 1.82) is 5.26 Å². The van der Waals surface area contributed by atoms with Crippen molar-refractivity contribution >= 4 is 22.9 Å². The fourth-order valence-corrected chi connectivity index (χ4v) is 2.16. The number of carbonyl (C=O) groups excluding carboxylic acids is 1. The highest BCUT2D eigenvalue weighted by Crippen LogP contribution is 2.22. The molecule has 4 heteroatoms. The highest BCUT2D eigenvalue weighted by Gasteiger charge is 2.05. The Balaban J connectivity index is 2.34. The standard InChI is InChI=1S/C16H17N3O/c1-2-18-16(20)9-8-13-12-19(11-5-10-17)15-7-4-3-6-14(13)15/h3-4,6-9,12H,2,5,11H2,1H3,(H,18,20)/b9-8+. The summed E-state index contributed by atoms with van der Waals surface area (Å²) < 4.78 is 2.05. The molecule has 4 nitrogen and oxygen atoms in total. The van der Waals surface area contributed by atoms with Crippen molar-refractivity contribution in [2.24, 2.45) is 0 Å². The SMILES string of the molecule is CCNC(=O)/C=C/c1cn(CCC#N)c2ccccc12. The van der Waals surface area contributed by atoms with E-state index in [0.717, 1.165) is 16.5 Å². The zero-order chi connectivity index (χ0) is 14.4. The van der Waals surface area contributed by atoms with Crippen LogP contribution in [0.1, 0.15) is 18.9 Å². The summed E-state index contributed by atoms with van der Waals surface area (Å²) in [5.74, 6) is -0.0960. The second-order valence-electron chi connectivity index (χ2n) is 4.43. The van der Waals surface area contributed by atoms with E-state index in [1.54, 1.807) is 6.08 Å². The number of nitriles is 1. The molecule has 2 rings (SSSR count). The molecule has 0 unspecified atom stereocenters. The fourth-order valence-electron chi connectivity index (χ4n) is 2.16. The first kappa shape index (κ1) is 13.9. The van der Waals surface area contributed by atoms with Crippen LogP contribution in [0.15, 0.2) is 36.5 Å². The lowest BCUT2D eigenvalue weighted by atomic mass is 10.1. The van der Waals surface area contributed by atoms with Gasteiger partial charge in [-0.2, -0.15) is 5.26 Å². The van der Waals surface area contributed by atoms with E-state index >= 15 is 0 Å². The van der Waals surface area contributed by atoms with E-state index in [1.165, 1.54) is 0 Å². The van der Waals surface area contributed by atoms with Gasteiger partial charge in [0.1, 0.15) is 0 Å². The molecule has 2 aromatic rings. The molecule has 0 saturated carbocycles. The van der Waals surface area contributed by atoms with E-state index in [0.29, 0.717) is 19.5 Å². The van der Waals surface area contributed by atoms with Gasteiger partial charge >= 0.3 is 0 Å². The molecule has 0 radical (unpaired) electrons. The normalized spacial score (nSPS) is 10.8. The topological polar surface area (TPSA) is 57.8 Å². The minimum absolute atomic E-state index is 0.0960. The van der Waals surface area contributed by atoms with Crippen LogP contribution < -0.4 is 5.32 Å². The molecule has 1 amide bonds. The van der Waals surface area contributed by atoms with Crippen LogP contribution in [-0.2, 0) is 11.3 Å². The highest BCUT2D eigenvalue weighted by molar-refractivity contribution is 5.96. The number of carbonyl (C=O) groups is 1. The van der Waals surface area contributed by atoms with Crippen molar-refractivity contribution in [3.05, 3.63) is 42.1 Å². The number of hydrogen-bond donors (Lipinski definition) is 1. The number of likely N-dealkylation sites (N-methyl/N-ethyl adjacent to an activating group) is 1. The van der Waals surface area contributed by atoms with Crippen molar-refractivity contribution in [3.63, 3.8) is 0 Å². The Bertz CT molecular complexity index is 677. The van der Waals surface area contributed by atoms with Gasteiger partial charge in [-0.1, -0.05) is 18.2 Å². The number of nitrogens with one attached hydrogen (secondary N) is 1. The quantitative estimate of drug-likeness (QED) is 0.847. The Kier molecular flexibility index (Phi) is 4.56. The molecule has 1 aromatic carbocycles. The molecule has 20 heavy (non-hydrogen) atoms. The number of rotatable bonds is 5. The van der Waals surface area contributed by atoms with E-state index in [2.05, 4.69) is 16.0 Å². The van der Waals surface area contributed by atoms with Crippen LogP contribution in [0.3, 0.4) is 0 Å². The number of aryl methyl sites for hydroxylation is 1. The van der Waals surface area contributed by atoms with Crippen molar-refractivity contribution in [2.75, 3.05) is 6.54 Å². The molecule has 1 heterocycles. The zero-order valence-corrected chi connectivity index (χ0v) is 11.5. The van der Waals surface area contributed by atoms with Gasteiger partial charge in [0.15, 0.2) is 0 Å². The molecule has 1 N–H and O–H groups in total. The zero-order valence-electron chi connectivity index (χ0n) is 11.5. The molecule has 0 fully saturated rings. The first-order valence-corrected chi connectivity index (χ1v) is 6.67. The van der Waals surface area contributed by atoms with Gasteiger partial charge in [0.2, 0.25) is 5.91 Å². The number of nitrogens with zero attached hydrogens (tertiary/aromatic N) is 2. The van der Waals surface area contributed by atoms with E-state index in [-0.39, 0.29) is 5.91 Å². The Morgan fingerprint density at radius 1 is 1.45 bits per heavy atom. The Hall–Kier alpha value is -2.54. The van der Waals surface area contributed by atoms with Gasteiger partial charge in [0.05, 0.1) is 12.5 Å². The van der Waals surface area contributed by atoms with Crippen LogP contribution in [0.2, 0.25) is 0 Å². The average molecular weight is 267 g/mol. The summed E-state index contributed by atoms with van der Waals surface area (Å²) in [4.78, 5) is 11.5. The van der Waals surface area contributed by atoms with Crippen LogP contribution in [-0.4, -0.2) is 17.0 Å². The highest BCUT2D eigenvalue weighted by atomic mass is 16.1. The molecule has 0 atom stereocenters. The van der Waals surface area contributed by atoms with E-state index < -0.39 is 0 Å². The predicted octanol–water partition coefficient (Wildman–Crippen LogP) is 2.70. The van der Waals surface area contributed by atoms with Crippen molar-refractivity contribution in [3.8, 4) is 6.07 Å². The monoisotopic (exact) mass is 267 g/mol. The smallest absolute Gasteiger partial charge is 0.243 e. The van der Waals surface area contributed by atoms with E-state index in [1.807, 2.05) is 43.5 Å². The number of benzene rings is 1. The Morgan fingerprint density at radius 2 is 2.25 bits per heavy atom. The maximum Gasteiger partial charge on any atom is 0.243 e. The molecule has 0 aliphatic rings. The summed E-state index contributed by atoms with van der Waals surface area (Å²) >= 11 is 0. The van der Waals surface area contributed by atoms with Gasteiger partial charge in [0, 0.05) is 41.8 Å². The molecular formula is C16H17N3O. The van der Waals surface area contributed by atoms with E-state index in [4.69, 9.17) is 5.26 Å². The molecule has 0 saturated heterocycles. The second kappa shape index (κ2) is 6.58. The van der Waals surface area contributed by atoms with Gasteiger partial charge in [-0.3, -0.25) is 4.79 Å². The number of hydrogen-bond acceptors (Lipinski definition) is 2. The number of aromatic nitrogens is 1. The number of amides is 1. The first-order valence-electron chi connectivity index (χ1n) is 6.67. The third-order valence-corrected chi connectivity index (χ3v) is 3.05. The summed E-state index contributed by atoms with van der Waals surface area (Å²) in [5.41, 5.74) is 2.07. The lowest BCUT2D eigenvalue weighted by Crippen LogP contribution is -2.19. The van der Waals surface area contributed by atoms with E-state index in [9.17, 15) is 4.79 Å². The molecular weight excluding hydrogens is 250 g/mol. The Labute approximate surface area is 118 Å². The average Bonchev–Trinajstić information content (AvgIpc) is 2.82. The van der Waals surface area contributed by atoms with Crippen molar-refractivity contribution in [1.82, 2.24) is 9.88 Å². The summed E-state index contributed by atoms with van der Waals surface area (Å²) in [6, 6.07) is 10.1. The maximum absolute atomic E-state index is 11.5. The predicted molar refractivity (Wildman–Crippen MR) is 79.9 cm³/mol. The van der Waals surface area contributed by atoms with Crippen molar-refractivity contribution < 1.29 is 4.79 Å². The summed E-state index contributed by atoms with van der Waals surface area (Å²) in [6.45, 7) is 3.17. The van der Waals surface area contributed by atoms with Crippen LogP contribution in [0.5, 0.6) is 0 Å².